The van der Waals surface area contributed by atoms with Gasteiger partial charge in [0, 0.05) is 6.07 Å². The second-order valence-electron chi connectivity index (χ2n) is 4.06. The Hall–Kier alpha value is -0.633. The maximum atomic E-state index is 10.7. The van der Waals surface area contributed by atoms with Gasteiger partial charge in [-0.2, -0.15) is 0 Å². The molecule has 0 spiro atoms. The molecule has 0 aliphatic carbocycles. The number of nitro groups is 1. The first kappa shape index (κ1) is 12.4. The highest BCUT2D eigenvalue weighted by molar-refractivity contribution is 14.1. The van der Waals surface area contributed by atoms with Gasteiger partial charge in [-0.15, -0.1) is 0 Å². The molecule has 0 fully saturated rings. The maximum absolute atomic E-state index is 10.7. The molecule has 0 saturated heterocycles. The van der Waals surface area contributed by atoms with Crippen molar-refractivity contribution in [1.29, 1.82) is 0 Å². The summed E-state index contributed by atoms with van der Waals surface area (Å²) in [4.78, 5) is 10.3. The van der Waals surface area contributed by atoms with Gasteiger partial charge in [-0.05, 0) is 48.3 Å². The highest BCUT2D eigenvalue weighted by Gasteiger charge is 2.21. The molecule has 6 heteroatoms. The number of halogens is 1. The molecule has 0 atom stereocenters. The number of rotatable bonds is 3. The maximum Gasteiger partial charge on any atom is 0.286 e. The first-order valence-electron chi connectivity index (χ1n) is 4.43. The third kappa shape index (κ3) is 3.45. The van der Waals surface area contributed by atoms with Gasteiger partial charge in [-0.1, -0.05) is 6.07 Å². The van der Waals surface area contributed by atoms with Gasteiger partial charge >= 0.3 is 0 Å². The summed E-state index contributed by atoms with van der Waals surface area (Å²) >= 11 is 1.95. The predicted molar refractivity (Wildman–Crippen MR) is 69.8 cm³/mol. The predicted octanol–water partition coefficient (Wildman–Crippen LogP) is 3.41. The zero-order valence-corrected chi connectivity index (χ0v) is 11.9. The summed E-state index contributed by atoms with van der Waals surface area (Å²) in [5.41, 5.74) is 0.103. The van der Waals surface area contributed by atoms with Gasteiger partial charge < -0.3 is 4.43 Å². The molecule has 1 rings (SSSR count). The van der Waals surface area contributed by atoms with Crippen molar-refractivity contribution in [2.45, 2.75) is 19.6 Å². The highest BCUT2D eigenvalue weighted by atomic mass is 127. The summed E-state index contributed by atoms with van der Waals surface area (Å²) in [6, 6.07) is 4.90. The van der Waals surface area contributed by atoms with Gasteiger partial charge in [0.15, 0.2) is 0 Å². The first-order chi connectivity index (χ1) is 6.81. The average molecular weight is 337 g/mol. The van der Waals surface area contributed by atoms with Crippen molar-refractivity contribution in [3.8, 4) is 5.75 Å². The van der Waals surface area contributed by atoms with E-state index in [4.69, 9.17) is 4.43 Å². The van der Waals surface area contributed by atoms with Crippen LogP contribution >= 0.6 is 22.6 Å². The lowest BCUT2D eigenvalue weighted by atomic mass is 10.3. The lowest BCUT2D eigenvalue weighted by Gasteiger charge is -2.19. The molecule has 0 unspecified atom stereocenters. The van der Waals surface area contributed by atoms with Crippen molar-refractivity contribution in [3.05, 3.63) is 31.9 Å². The number of hydrogen-bond acceptors (Lipinski definition) is 3. The topological polar surface area (TPSA) is 52.4 Å². The van der Waals surface area contributed by atoms with Crippen LogP contribution in [0.2, 0.25) is 19.6 Å². The van der Waals surface area contributed by atoms with Crippen molar-refractivity contribution in [2.75, 3.05) is 0 Å². The molecule has 0 saturated carbocycles. The zero-order chi connectivity index (χ0) is 11.6. The van der Waals surface area contributed by atoms with Crippen LogP contribution in [0.3, 0.4) is 0 Å². The Bertz CT molecular complexity index is 389. The molecule has 0 radical (unpaired) electrons. The van der Waals surface area contributed by atoms with E-state index in [0.29, 0.717) is 9.32 Å². The molecule has 0 heterocycles. The SMILES string of the molecule is C[Si](C)(C)Oc1cccc([N+](=O)[O-])c1I. The van der Waals surface area contributed by atoms with E-state index in [2.05, 4.69) is 0 Å². The standard InChI is InChI=1S/C9H12INO3Si/c1-15(2,3)14-8-6-4-5-7(9(8)10)11(12)13/h4-6H,1-3H3. The molecular formula is C9H12INO3Si. The van der Waals surface area contributed by atoms with E-state index in [0.717, 1.165) is 0 Å². The van der Waals surface area contributed by atoms with Gasteiger partial charge in [-0.25, -0.2) is 0 Å². The fourth-order valence-electron chi connectivity index (χ4n) is 1.05. The second kappa shape index (κ2) is 4.48. The Morgan fingerprint density at radius 2 is 2.00 bits per heavy atom. The molecule has 82 valence electrons. The number of nitrogens with zero attached hydrogens (tertiary/aromatic N) is 1. The summed E-state index contributed by atoms with van der Waals surface area (Å²) in [7, 11) is -1.71. The molecule has 0 aromatic heterocycles. The first-order valence-corrected chi connectivity index (χ1v) is 8.92. The minimum absolute atomic E-state index is 0.103. The van der Waals surface area contributed by atoms with Crippen LogP contribution in [0.4, 0.5) is 5.69 Å². The van der Waals surface area contributed by atoms with E-state index in [9.17, 15) is 10.1 Å². The minimum atomic E-state index is -1.71. The summed E-state index contributed by atoms with van der Waals surface area (Å²) in [5, 5.41) is 10.7. The van der Waals surface area contributed by atoms with Crippen molar-refractivity contribution in [2.24, 2.45) is 0 Å². The van der Waals surface area contributed by atoms with Gasteiger partial charge in [-0.3, -0.25) is 10.1 Å². The third-order valence-electron chi connectivity index (χ3n) is 1.56. The van der Waals surface area contributed by atoms with Crippen LogP contribution in [0.5, 0.6) is 5.75 Å². The van der Waals surface area contributed by atoms with E-state index in [1.807, 2.05) is 42.2 Å². The van der Waals surface area contributed by atoms with E-state index in [1.54, 1.807) is 12.1 Å². The summed E-state index contributed by atoms with van der Waals surface area (Å²) in [6.45, 7) is 6.13. The van der Waals surface area contributed by atoms with Crippen LogP contribution < -0.4 is 4.43 Å². The minimum Gasteiger partial charge on any atom is -0.543 e. The average Bonchev–Trinajstić information content (AvgIpc) is 2.05. The number of hydrogen-bond donors (Lipinski definition) is 0. The molecule has 0 aliphatic heterocycles. The normalized spacial score (nSPS) is 11.2. The van der Waals surface area contributed by atoms with Gasteiger partial charge in [0.1, 0.15) is 9.32 Å². The fourth-order valence-corrected chi connectivity index (χ4v) is 2.75. The lowest BCUT2D eigenvalue weighted by molar-refractivity contribution is -0.385. The molecule has 0 N–H and O–H groups in total. The molecule has 1 aromatic rings. The monoisotopic (exact) mass is 337 g/mol. The van der Waals surface area contributed by atoms with Crippen LogP contribution in [-0.2, 0) is 0 Å². The molecule has 15 heavy (non-hydrogen) atoms. The zero-order valence-electron chi connectivity index (χ0n) is 8.78. The Kier molecular flexibility index (Phi) is 3.71. The van der Waals surface area contributed by atoms with Gasteiger partial charge in [0.25, 0.3) is 5.69 Å². The largest absolute Gasteiger partial charge is 0.543 e. The van der Waals surface area contributed by atoms with Gasteiger partial charge in [0.2, 0.25) is 8.32 Å². The van der Waals surface area contributed by atoms with Crippen molar-refractivity contribution >= 4 is 36.6 Å². The van der Waals surface area contributed by atoms with Crippen LogP contribution in [0, 0.1) is 13.7 Å². The summed E-state index contributed by atoms with van der Waals surface area (Å²) < 4.78 is 6.32. The highest BCUT2D eigenvalue weighted by Crippen LogP contribution is 2.31. The fraction of sp³-hybridized carbons (Fsp3) is 0.333. The van der Waals surface area contributed by atoms with Crippen molar-refractivity contribution < 1.29 is 9.35 Å². The molecule has 0 amide bonds. The lowest BCUT2D eigenvalue weighted by Crippen LogP contribution is -2.29. The Balaban J connectivity index is 3.10. The van der Waals surface area contributed by atoms with E-state index < -0.39 is 13.2 Å². The summed E-state index contributed by atoms with van der Waals surface area (Å²) in [6.07, 6.45) is 0. The van der Waals surface area contributed by atoms with Crippen LogP contribution in [0.25, 0.3) is 0 Å². The Morgan fingerprint density at radius 1 is 1.40 bits per heavy atom. The van der Waals surface area contributed by atoms with Crippen molar-refractivity contribution in [1.82, 2.24) is 0 Å². The van der Waals surface area contributed by atoms with Gasteiger partial charge in [0.05, 0.1) is 4.92 Å². The molecule has 0 bridgehead atoms. The Morgan fingerprint density at radius 3 is 2.47 bits per heavy atom. The smallest absolute Gasteiger partial charge is 0.286 e. The number of benzene rings is 1. The number of nitro benzene ring substituents is 1. The molecule has 0 aliphatic rings. The quantitative estimate of drug-likeness (QED) is 0.368. The van der Waals surface area contributed by atoms with E-state index >= 15 is 0 Å². The van der Waals surface area contributed by atoms with Crippen LogP contribution in [0.15, 0.2) is 18.2 Å². The Labute approximate surface area is 103 Å². The van der Waals surface area contributed by atoms with E-state index in [-0.39, 0.29) is 5.69 Å². The molecule has 1 aromatic carbocycles. The third-order valence-corrected chi connectivity index (χ3v) is 3.47. The molecule has 4 nitrogen and oxygen atoms in total. The molecular weight excluding hydrogens is 325 g/mol. The van der Waals surface area contributed by atoms with Crippen molar-refractivity contribution in [3.63, 3.8) is 0 Å². The van der Waals surface area contributed by atoms with Crippen LogP contribution in [0.1, 0.15) is 0 Å². The summed E-state index contributed by atoms with van der Waals surface area (Å²) in [5.74, 6) is 0.615. The van der Waals surface area contributed by atoms with Crippen LogP contribution in [-0.4, -0.2) is 13.2 Å². The van der Waals surface area contributed by atoms with E-state index in [1.165, 1.54) is 6.07 Å². The second-order valence-corrected chi connectivity index (χ2v) is 9.57.